The zero-order chi connectivity index (χ0) is 17.8. The van der Waals surface area contributed by atoms with E-state index in [0.29, 0.717) is 0 Å². The third kappa shape index (κ3) is 4.26. The van der Waals surface area contributed by atoms with Gasteiger partial charge in [-0.05, 0) is 62.2 Å². The first-order valence-corrected chi connectivity index (χ1v) is 8.88. The molecule has 1 atom stereocenters. The van der Waals surface area contributed by atoms with Crippen LogP contribution in [0.2, 0.25) is 0 Å². The number of rotatable bonds is 5. The van der Waals surface area contributed by atoms with E-state index in [1.165, 1.54) is 12.1 Å². The number of carbonyl (C=O) groups is 1. The van der Waals surface area contributed by atoms with E-state index in [1.807, 2.05) is 41.3 Å². The summed E-state index contributed by atoms with van der Waals surface area (Å²) in [6, 6.07) is 14.7. The maximum atomic E-state index is 13.1. The Hall–Kier alpha value is -2.20. The summed E-state index contributed by atoms with van der Waals surface area (Å²) in [4.78, 5) is 16.5. The van der Waals surface area contributed by atoms with E-state index < -0.39 is 0 Å². The van der Waals surface area contributed by atoms with Crippen LogP contribution in [-0.2, 0) is 6.54 Å². The van der Waals surface area contributed by atoms with Crippen LogP contribution >= 0.6 is 0 Å². The topological polar surface area (TPSA) is 23.6 Å². The van der Waals surface area contributed by atoms with Gasteiger partial charge in [-0.3, -0.25) is 9.69 Å². The highest BCUT2D eigenvalue weighted by atomic mass is 19.1. The zero-order valence-corrected chi connectivity index (χ0v) is 14.9. The van der Waals surface area contributed by atoms with E-state index in [-0.39, 0.29) is 17.8 Å². The highest BCUT2D eigenvalue weighted by molar-refractivity contribution is 5.94. The van der Waals surface area contributed by atoms with Crippen LogP contribution in [0.5, 0.6) is 0 Å². The van der Waals surface area contributed by atoms with Gasteiger partial charge < -0.3 is 4.90 Å². The fourth-order valence-corrected chi connectivity index (χ4v) is 3.28. The minimum atomic E-state index is -0.211. The number of amides is 1. The average molecular weight is 340 g/mol. The summed E-state index contributed by atoms with van der Waals surface area (Å²) in [7, 11) is 2.05. The average Bonchev–Trinajstić information content (AvgIpc) is 3.16. The van der Waals surface area contributed by atoms with Gasteiger partial charge in [0.15, 0.2) is 0 Å². The Morgan fingerprint density at radius 3 is 2.28 bits per heavy atom. The zero-order valence-electron chi connectivity index (χ0n) is 14.9. The van der Waals surface area contributed by atoms with E-state index in [4.69, 9.17) is 0 Å². The van der Waals surface area contributed by atoms with Crippen molar-refractivity contribution in [2.24, 2.45) is 0 Å². The van der Waals surface area contributed by atoms with Gasteiger partial charge in [0, 0.05) is 31.2 Å². The highest BCUT2D eigenvalue weighted by Crippen LogP contribution is 2.21. The molecule has 0 radical (unpaired) electrons. The van der Waals surface area contributed by atoms with E-state index in [0.717, 1.165) is 49.2 Å². The number of likely N-dealkylation sites (tertiary alicyclic amines) is 1. The van der Waals surface area contributed by atoms with Gasteiger partial charge in [-0.25, -0.2) is 4.39 Å². The van der Waals surface area contributed by atoms with Gasteiger partial charge in [0.05, 0.1) is 0 Å². The lowest BCUT2D eigenvalue weighted by atomic mass is 10.1. The molecular formula is C21H25FN2O. The predicted molar refractivity (Wildman–Crippen MR) is 97.9 cm³/mol. The molecule has 1 fully saturated rings. The van der Waals surface area contributed by atoms with Crippen molar-refractivity contribution in [3.63, 3.8) is 0 Å². The number of nitrogens with zero attached hydrogens (tertiary/aromatic N) is 2. The molecule has 1 saturated heterocycles. The number of carbonyl (C=O) groups excluding carboxylic acids is 1. The van der Waals surface area contributed by atoms with Gasteiger partial charge in [0.1, 0.15) is 5.82 Å². The first-order chi connectivity index (χ1) is 12.0. The molecule has 3 nitrogen and oxygen atoms in total. The standard InChI is InChI=1S/C21H25FN2O/c1-16(18-9-11-20(22)12-10-18)23(2)15-17-5-7-19(8-6-17)21(25)24-13-3-4-14-24/h5-12,16H,3-4,13-15H2,1-2H3. The van der Waals surface area contributed by atoms with Crippen LogP contribution in [0.15, 0.2) is 48.5 Å². The summed E-state index contributed by atoms with van der Waals surface area (Å²) in [5.41, 5.74) is 3.01. The first kappa shape index (κ1) is 17.6. The third-order valence-corrected chi connectivity index (χ3v) is 5.04. The number of benzene rings is 2. The van der Waals surface area contributed by atoms with Crippen LogP contribution in [0.1, 0.15) is 47.3 Å². The molecule has 4 heteroatoms. The molecule has 2 aromatic carbocycles. The van der Waals surface area contributed by atoms with Crippen LogP contribution in [0.4, 0.5) is 4.39 Å². The number of halogens is 1. The molecule has 1 aliphatic heterocycles. The fourth-order valence-electron chi connectivity index (χ4n) is 3.28. The van der Waals surface area contributed by atoms with Gasteiger partial charge in [0.2, 0.25) is 0 Å². The molecule has 25 heavy (non-hydrogen) atoms. The van der Waals surface area contributed by atoms with E-state index in [9.17, 15) is 9.18 Å². The second-order valence-corrected chi connectivity index (χ2v) is 6.84. The normalized spacial score (nSPS) is 15.6. The van der Waals surface area contributed by atoms with Crippen LogP contribution < -0.4 is 0 Å². The Labute approximate surface area is 149 Å². The smallest absolute Gasteiger partial charge is 0.253 e. The van der Waals surface area contributed by atoms with E-state index in [2.05, 4.69) is 18.9 Å². The van der Waals surface area contributed by atoms with Gasteiger partial charge in [-0.2, -0.15) is 0 Å². The second kappa shape index (κ2) is 7.79. The van der Waals surface area contributed by atoms with Crippen molar-refractivity contribution in [2.45, 2.75) is 32.4 Å². The van der Waals surface area contributed by atoms with Crippen LogP contribution in [0.25, 0.3) is 0 Å². The maximum Gasteiger partial charge on any atom is 0.253 e. The molecule has 0 aliphatic carbocycles. The minimum absolute atomic E-state index is 0.136. The Bertz CT molecular complexity index is 706. The van der Waals surface area contributed by atoms with Crippen molar-refractivity contribution < 1.29 is 9.18 Å². The van der Waals surface area contributed by atoms with E-state index in [1.54, 1.807) is 0 Å². The van der Waals surface area contributed by atoms with Crippen molar-refractivity contribution in [3.8, 4) is 0 Å². The SMILES string of the molecule is CC(c1ccc(F)cc1)N(C)Cc1ccc(C(=O)N2CCCC2)cc1. The summed E-state index contributed by atoms with van der Waals surface area (Å²) >= 11 is 0. The van der Waals surface area contributed by atoms with E-state index >= 15 is 0 Å². The summed E-state index contributed by atoms with van der Waals surface area (Å²) in [6.45, 7) is 4.63. The molecular weight excluding hydrogens is 315 g/mol. The third-order valence-electron chi connectivity index (χ3n) is 5.04. The first-order valence-electron chi connectivity index (χ1n) is 8.88. The van der Waals surface area contributed by atoms with Crippen LogP contribution in [0.3, 0.4) is 0 Å². The van der Waals surface area contributed by atoms with Crippen molar-refractivity contribution in [1.82, 2.24) is 9.80 Å². The second-order valence-electron chi connectivity index (χ2n) is 6.84. The molecule has 1 heterocycles. The molecule has 0 N–H and O–H groups in total. The Morgan fingerprint density at radius 1 is 1.08 bits per heavy atom. The Morgan fingerprint density at radius 2 is 1.68 bits per heavy atom. The lowest BCUT2D eigenvalue weighted by molar-refractivity contribution is 0.0793. The molecule has 1 amide bonds. The summed E-state index contributed by atoms with van der Waals surface area (Å²) in [5, 5.41) is 0. The molecule has 0 aromatic heterocycles. The molecule has 0 spiro atoms. The minimum Gasteiger partial charge on any atom is -0.339 e. The van der Waals surface area contributed by atoms with Crippen molar-refractivity contribution in [2.75, 3.05) is 20.1 Å². The van der Waals surface area contributed by atoms with Crippen LogP contribution in [-0.4, -0.2) is 35.8 Å². The molecule has 132 valence electrons. The summed E-state index contributed by atoms with van der Waals surface area (Å²) in [5.74, 6) is -0.0750. The lowest BCUT2D eigenvalue weighted by Gasteiger charge is -2.25. The number of hydrogen-bond donors (Lipinski definition) is 0. The molecule has 1 aliphatic rings. The quantitative estimate of drug-likeness (QED) is 0.812. The maximum absolute atomic E-state index is 13.1. The molecule has 1 unspecified atom stereocenters. The van der Waals surface area contributed by atoms with Gasteiger partial charge in [0.25, 0.3) is 5.91 Å². The van der Waals surface area contributed by atoms with Gasteiger partial charge >= 0.3 is 0 Å². The van der Waals surface area contributed by atoms with Gasteiger partial charge in [-0.15, -0.1) is 0 Å². The molecule has 2 aromatic rings. The summed E-state index contributed by atoms with van der Waals surface area (Å²) < 4.78 is 13.1. The molecule has 3 rings (SSSR count). The summed E-state index contributed by atoms with van der Waals surface area (Å²) in [6.07, 6.45) is 2.21. The van der Waals surface area contributed by atoms with Crippen molar-refractivity contribution >= 4 is 5.91 Å². The van der Waals surface area contributed by atoms with Crippen molar-refractivity contribution in [1.29, 1.82) is 0 Å². The lowest BCUT2D eigenvalue weighted by Crippen LogP contribution is -2.27. The molecule has 0 bridgehead atoms. The van der Waals surface area contributed by atoms with Crippen molar-refractivity contribution in [3.05, 3.63) is 71.0 Å². The van der Waals surface area contributed by atoms with Crippen LogP contribution in [0, 0.1) is 5.82 Å². The molecule has 0 saturated carbocycles. The Kier molecular flexibility index (Phi) is 5.49. The predicted octanol–water partition coefficient (Wildman–Crippen LogP) is 4.25. The monoisotopic (exact) mass is 340 g/mol. The highest BCUT2D eigenvalue weighted by Gasteiger charge is 2.19. The largest absolute Gasteiger partial charge is 0.339 e. The number of hydrogen-bond acceptors (Lipinski definition) is 2. The fraction of sp³-hybridized carbons (Fsp3) is 0.381. The Balaban J connectivity index is 1.62. The van der Waals surface area contributed by atoms with Gasteiger partial charge in [-0.1, -0.05) is 24.3 Å².